The Balaban J connectivity index is 1.59. The highest BCUT2D eigenvalue weighted by atomic mass is 28.3. The Morgan fingerprint density at radius 3 is 2.28 bits per heavy atom. The predicted octanol–water partition coefficient (Wildman–Crippen LogP) is 6.47. The van der Waals surface area contributed by atoms with E-state index >= 15 is 0 Å². The molecule has 141 valence electrons. The van der Waals surface area contributed by atoms with Crippen molar-refractivity contribution < 1.29 is 18.3 Å². The highest BCUT2D eigenvalue weighted by Crippen LogP contribution is 2.30. The van der Waals surface area contributed by atoms with Gasteiger partial charge in [-0.25, -0.2) is 0 Å². The lowest BCUT2D eigenvalue weighted by Gasteiger charge is -2.27. The van der Waals surface area contributed by atoms with Crippen molar-refractivity contribution in [3.63, 3.8) is 0 Å². The van der Waals surface area contributed by atoms with Crippen LogP contribution in [0.5, 0.6) is 11.5 Å². The molecule has 1 fully saturated rings. The quantitative estimate of drug-likeness (QED) is 0.329. The van der Waals surface area contributed by atoms with E-state index in [1.807, 2.05) is 0 Å². The van der Waals surface area contributed by atoms with E-state index in [2.05, 4.69) is 11.7 Å². The summed E-state index contributed by atoms with van der Waals surface area (Å²) in [4.78, 5) is 0. The number of unbranched alkanes of at least 4 members (excludes halogenated alkanes) is 4. The normalized spacial score (nSPS) is 16.3. The number of hydrogen-bond donors (Lipinski definition) is 0. The fourth-order valence-corrected chi connectivity index (χ4v) is 6.00. The van der Waals surface area contributed by atoms with Crippen molar-refractivity contribution >= 4 is 8.80 Å². The lowest BCUT2D eigenvalue weighted by molar-refractivity contribution is -0.0498. The van der Waals surface area contributed by atoms with Crippen LogP contribution in [0.15, 0.2) is 24.3 Å². The van der Waals surface area contributed by atoms with Crippen LogP contribution in [0.1, 0.15) is 58.3 Å². The lowest BCUT2D eigenvalue weighted by Crippen LogP contribution is -2.28. The third-order valence-electron chi connectivity index (χ3n) is 5.02. The van der Waals surface area contributed by atoms with E-state index in [0.29, 0.717) is 0 Å². The maximum absolute atomic E-state index is 12.1. The van der Waals surface area contributed by atoms with E-state index in [4.69, 9.17) is 4.74 Å². The standard InChI is InChI=1S/C20H31F2O2Si/c1-2-3-4-5-6-7-17-12-14-25(15-13-17)16-23-18-8-10-19(11-9-18)24-20(21)22/h8-11,17,20H,2-7,12-16H2,1H3. The first-order valence-electron chi connectivity index (χ1n) is 9.68. The molecule has 2 rings (SSSR count). The van der Waals surface area contributed by atoms with Crippen molar-refractivity contribution in [1.82, 2.24) is 0 Å². The Kier molecular flexibility index (Phi) is 9.30. The van der Waals surface area contributed by atoms with Gasteiger partial charge in [-0.3, -0.25) is 0 Å². The van der Waals surface area contributed by atoms with Crippen molar-refractivity contribution in [2.45, 2.75) is 77.0 Å². The van der Waals surface area contributed by atoms with Gasteiger partial charge in [-0.05, 0) is 30.2 Å². The molecule has 2 nitrogen and oxygen atoms in total. The van der Waals surface area contributed by atoms with Crippen LogP contribution in [-0.4, -0.2) is 21.6 Å². The molecule has 1 heterocycles. The Morgan fingerprint density at radius 2 is 1.64 bits per heavy atom. The zero-order valence-corrected chi connectivity index (χ0v) is 16.3. The summed E-state index contributed by atoms with van der Waals surface area (Å²) in [6.45, 7) is -0.516. The molecule has 0 bridgehead atoms. The van der Waals surface area contributed by atoms with Gasteiger partial charge >= 0.3 is 6.61 Å². The van der Waals surface area contributed by atoms with Crippen LogP contribution in [0.3, 0.4) is 0 Å². The minimum atomic E-state index is -2.78. The Bertz CT molecular complexity index is 459. The zero-order chi connectivity index (χ0) is 17.9. The van der Waals surface area contributed by atoms with Gasteiger partial charge in [0.1, 0.15) is 11.5 Å². The van der Waals surface area contributed by atoms with Gasteiger partial charge in [-0.15, -0.1) is 0 Å². The molecule has 1 saturated heterocycles. The smallest absolute Gasteiger partial charge is 0.387 e. The molecule has 1 aromatic rings. The SMILES string of the molecule is CCCCCCCC1CC[Si](COc2ccc(OC(F)F)cc2)CC1. The van der Waals surface area contributed by atoms with Crippen LogP contribution in [0.2, 0.25) is 12.1 Å². The van der Waals surface area contributed by atoms with Crippen LogP contribution >= 0.6 is 0 Å². The Hall–Kier alpha value is -1.10. The Labute approximate surface area is 152 Å². The van der Waals surface area contributed by atoms with Crippen molar-refractivity contribution in [1.29, 1.82) is 0 Å². The molecule has 25 heavy (non-hydrogen) atoms. The zero-order valence-electron chi connectivity index (χ0n) is 15.3. The minimum absolute atomic E-state index is 0.177. The van der Waals surface area contributed by atoms with Gasteiger partial charge in [0.15, 0.2) is 0 Å². The number of rotatable bonds is 11. The Morgan fingerprint density at radius 1 is 1.00 bits per heavy atom. The molecule has 1 radical (unpaired) electrons. The molecule has 5 heteroatoms. The van der Waals surface area contributed by atoms with Gasteiger partial charge in [-0.1, -0.05) is 70.4 Å². The third kappa shape index (κ3) is 8.21. The first-order valence-corrected chi connectivity index (χ1v) is 11.8. The maximum atomic E-state index is 12.1. The molecule has 0 aromatic heterocycles. The number of benzene rings is 1. The summed E-state index contributed by atoms with van der Waals surface area (Å²) in [5.41, 5.74) is 0. The van der Waals surface area contributed by atoms with Gasteiger partial charge in [0, 0.05) is 0 Å². The fraction of sp³-hybridized carbons (Fsp3) is 0.700. The highest BCUT2D eigenvalue weighted by molar-refractivity contribution is 6.58. The summed E-state index contributed by atoms with van der Waals surface area (Å²) < 4.78 is 34.5. The molecule has 0 N–H and O–H groups in total. The van der Waals surface area contributed by atoms with Gasteiger partial charge in [0.25, 0.3) is 0 Å². The van der Waals surface area contributed by atoms with Crippen molar-refractivity contribution in [2.75, 3.05) is 6.23 Å². The number of halogens is 2. The fourth-order valence-electron chi connectivity index (χ4n) is 3.46. The average Bonchev–Trinajstić information content (AvgIpc) is 2.61. The van der Waals surface area contributed by atoms with Gasteiger partial charge in [0.05, 0.1) is 15.0 Å². The number of alkyl halides is 2. The molecule has 0 aliphatic carbocycles. The molecule has 0 spiro atoms. The second-order valence-electron chi connectivity index (χ2n) is 7.03. The summed E-state index contributed by atoms with van der Waals surface area (Å²) in [6.07, 6.45) is 11.9. The van der Waals surface area contributed by atoms with Gasteiger partial charge < -0.3 is 9.47 Å². The van der Waals surface area contributed by atoms with Crippen molar-refractivity contribution in [3.8, 4) is 11.5 Å². The number of hydrogen-bond acceptors (Lipinski definition) is 2. The predicted molar refractivity (Wildman–Crippen MR) is 100 cm³/mol. The lowest BCUT2D eigenvalue weighted by atomic mass is 9.95. The van der Waals surface area contributed by atoms with E-state index in [9.17, 15) is 8.78 Å². The summed E-state index contributed by atoms with van der Waals surface area (Å²) in [6, 6.07) is 9.18. The third-order valence-corrected chi connectivity index (χ3v) is 7.56. The second kappa shape index (κ2) is 11.5. The molecule has 0 amide bonds. The minimum Gasteiger partial charge on any atom is -0.497 e. The summed E-state index contributed by atoms with van der Waals surface area (Å²) in [5, 5.41) is 0. The molecular weight excluding hydrogens is 338 g/mol. The summed E-state index contributed by atoms with van der Waals surface area (Å²) in [7, 11) is -0.419. The van der Waals surface area contributed by atoms with Crippen LogP contribution in [0.4, 0.5) is 8.78 Å². The average molecular weight is 370 g/mol. The van der Waals surface area contributed by atoms with E-state index in [-0.39, 0.29) is 5.75 Å². The van der Waals surface area contributed by atoms with E-state index < -0.39 is 15.4 Å². The molecule has 0 unspecified atom stereocenters. The van der Waals surface area contributed by atoms with Crippen LogP contribution in [0.25, 0.3) is 0 Å². The molecule has 1 aliphatic heterocycles. The van der Waals surface area contributed by atoms with Gasteiger partial charge in [-0.2, -0.15) is 8.78 Å². The van der Waals surface area contributed by atoms with Crippen LogP contribution in [-0.2, 0) is 0 Å². The molecule has 1 aliphatic rings. The van der Waals surface area contributed by atoms with Crippen molar-refractivity contribution in [3.05, 3.63) is 24.3 Å². The summed E-state index contributed by atoms with van der Waals surface area (Å²) >= 11 is 0. The molecule has 0 atom stereocenters. The van der Waals surface area contributed by atoms with E-state index in [0.717, 1.165) is 17.9 Å². The molecule has 0 saturated carbocycles. The van der Waals surface area contributed by atoms with E-state index in [1.54, 1.807) is 12.1 Å². The highest BCUT2D eigenvalue weighted by Gasteiger charge is 2.22. The second-order valence-corrected chi connectivity index (χ2v) is 9.82. The van der Waals surface area contributed by atoms with Crippen molar-refractivity contribution in [2.24, 2.45) is 5.92 Å². The maximum Gasteiger partial charge on any atom is 0.387 e. The first kappa shape index (κ1) is 20.2. The molecular formula is C20H31F2O2Si. The monoisotopic (exact) mass is 369 g/mol. The largest absolute Gasteiger partial charge is 0.497 e. The summed E-state index contributed by atoms with van der Waals surface area (Å²) in [5.74, 6) is 1.86. The van der Waals surface area contributed by atoms with E-state index in [1.165, 1.54) is 75.6 Å². The first-order chi connectivity index (χ1) is 12.2. The topological polar surface area (TPSA) is 18.5 Å². The number of ether oxygens (including phenoxy) is 2. The molecule has 1 aromatic carbocycles. The van der Waals surface area contributed by atoms with Crippen LogP contribution in [0, 0.1) is 5.92 Å². The van der Waals surface area contributed by atoms with Gasteiger partial charge in [0.2, 0.25) is 0 Å². The van der Waals surface area contributed by atoms with Crippen LogP contribution < -0.4 is 9.47 Å².